The first kappa shape index (κ1) is 17.9. The average molecular weight is 234 g/mol. The fourth-order valence-corrected chi connectivity index (χ4v) is 1.16. The zero-order chi connectivity index (χ0) is 13.8. The van der Waals surface area contributed by atoms with Crippen molar-refractivity contribution in [2.24, 2.45) is 0 Å². The van der Waals surface area contributed by atoms with Crippen LogP contribution in [0.15, 0.2) is 13.2 Å². The zero-order valence-corrected chi connectivity index (χ0v) is 12.2. The molecule has 0 atom stereocenters. The molecule has 0 unspecified atom stereocenters. The monoisotopic (exact) mass is 234 g/mol. The molecule has 0 bridgehead atoms. The fraction of sp³-hybridized carbons (Fsp3) is 0.467. The van der Waals surface area contributed by atoms with Gasteiger partial charge in [-0.05, 0) is 19.9 Å². The van der Waals surface area contributed by atoms with Crippen LogP contribution < -0.4 is 0 Å². The van der Waals surface area contributed by atoms with Crippen molar-refractivity contribution >= 4 is 12.2 Å². The molecule has 0 saturated carbocycles. The van der Waals surface area contributed by atoms with Crippen molar-refractivity contribution in [1.29, 1.82) is 0 Å². The lowest BCUT2D eigenvalue weighted by molar-refractivity contribution is 0.995. The molecule has 2 heteroatoms. The highest BCUT2D eigenvalue weighted by Gasteiger charge is 2.02. The standard InChI is InChI=1S/C10H12N2.C3H8.C2H6/c1-5-9-7(3)11-8(4)12-10(9)6-2;1-3-2;1-2/h5-6H,1-2H2,3-4H3;3H2,1-2H3;1-2H3. The van der Waals surface area contributed by atoms with Gasteiger partial charge in [0.1, 0.15) is 5.82 Å². The number of nitrogens with zero attached hydrogens (tertiary/aromatic N) is 2. The summed E-state index contributed by atoms with van der Waals surface area (Å²) < 4.78 is 0. The second-order valence-electron chi connectivity index (χ2n) is 3.27. The summed E-state index contributed by atoms with van der Waals surface area (Å²) in [4.78, 5) is 8.45. The lowest BCUT2D eigenvalue weighted by Crippen LogP contribution is -1.98. The SMILES string of the molecule is C=Cc1nc(C)nc(C)c1C=C.CC.CCC. The van der Waals surface area contributed by atoms with E-state index in [9.17, 15) is 0 Å². The predicted octanol–water partition coefficient (Wildman–Crippen LogP) is 4.82. The summed E-state index contributed by atoms with van der Waals surface area (Å²) in [6.45, 7) is 19.4. The Labute approximate surface area is 107 Å². The molecule has 0 amide bonds. The lowest BCUT2D eigenvalue weighted by atomic mass is 10.1. The van der Waals surface area contributed by atoms with Crippen molar-refractivity contribution in [2.75, 3.05) is 0 Å². The molecule has 0 saturated heterocycles. The summed E-state index contributed by atoms with van der Waals surface area (Å²) in [6.07, 6.45) is 4.73. The Kier molecular flexibility index (Phi) is 11.7. The second kappa shape index (κ2) is 11.1. The molecule has 0 aromatic carbocycles. The van der Waals surface area contributed by atoms with E-state index in [0.29, 0.717) is 0 Å². The average Bonchev–Trinajstić information content (AvgIpc) is 2.31. The summed E-state index contributed by atoms with van der Waals surface area (Å²) in [5, 5.41) is 0. The minimum atomic E-state index is 0.771. The van der Waals surface area contributed by atoms with Gasteiger partial charge in [0.05, 0.1) is 5.69 Å². The van der Waals surface area contributed by atoms with Gasteiger partial charge in [-0.15, -0.1) is 0 Å². The Hall–Kier alpha value is -1.44. The molecule has 0 spiro atoms. The predicted molar refractivity (Wildman–Crippen MR) is 79.0 cm³/mol. The van der Waals surface area contributed by atoms with Gasteiger partial charge in [-0.25, -0.2) is 9.97 Å². The van der Waals surface area contributed by atoms with Gasteiger partial charge < -0.3 is 0 Å². The molecule has 1 aromatic heterocycles. The minimum Gasteiger partial charge on any atom is -0.238 e. The maximum atomic E-state index is 4.22. The Morgan fingerprint density at radius 1 is 1.00 bits per heavy atom. The van der Waals surface area contributed by atoms with Gasteiger partial charge in [0.2, 0.25) is 0 Å². The van der Waals surface area contributed by atoms with Crippen LogP contribution in [-0.4, -0.2) is 9.97 Å². The number of aryl methyl sites for hydroxylation is 2. The molecular formula is C15H26N2. The first-order valence-electron chi connectivity index (χ1n) is 6.20. The van der Waals surface area contributed by atoms with Gasteiger partial charge in [-0.1, -0.05) is 53.3 Å². The molecule has 17 heavy (non-hydrogen) atoms. The highest BCUT2D eigenvalue weighted by Crippen LogP contribution is 2.12. The van der Waals surface area contributed by atoms with E-state index in [0.717, 1.165) is 22.8 Å². The van der Waals surface area contributed by atoms with Gasteiger partial charge >= 0.3 is 0 Å². The zero-order valence-electron chi connectivity index (χ0n) is 12.2. The Morgan fingerprint density at radius 2 is 1.47 bits per heavy atom. The van der Waals surface area contributed by atoms with E-state index in [4.69, 9.17) is 0 Å². The molecular weight excluding hydrogens is 208 g/mol. The lowest BCUT2D eigenvalue weighted by Gasteiger charge is -2.04. The summed E-state index contributed by atoms with van der Waals surface area (Å²) in [5.74, 6) is 0.771. The van der Waals surface area contributed by atoms with Crippen molar-refractivity contribution in [3.8, 4) is 0 Å². The largest absolute Gasteiger partial charge is 0.238 e. The number of aromatic nitrogens is 2. The Bertz CT molecular complexity index is 341. The summed E-state index contributed by atoms with van der Waals surface area (Å²) in [6, 6.07) is 0. The molecule has 1 heterocycles. The van der Waals surface area contributed by atoms with E-state index < -0.39 is 0 Å². The molecule has 0 N–H and O–H groups in total. The smallest absolute Gasteiger partial charge is 0.126 e. The highest BCUT2D eigenvalue weighted by atomic mass is 14.9. The first-order valence-corrected chi connectivity index (χ1v) is 6.20. The van der Waals surface area contributed by atoms with E-state index in [1.165, 1.54) is 6.42 Å². The Morgan fingerprint density at radius 3 is 1.82 bits per heavy atom. The third-order valence-electron chi connectivity index (χ3n) is 1.67. The minimum absolute atomic E-state index is 0.771. The topological polar surface area (TPSA) is 25.8 Å². The number of hydrogen-bond acceptors (Lipinski definition) is 2. The van der Waals surface area contributed by atoms with Crippen molar-refractivity contribution in [2.45, 2.75) is 48.0 Å². The number of hydrogen-bond donors (Lipinski definition) is 0. The van der Waals surface area contributed by atoms with Gasteiger partial charge in [0, 0.05) is 11.3 Å². The van der Waals surface area contributed by atoms with Gasteiger partial charge in [0.25, 0.3) is 0 Å². The molecule has 0 aliphatic heterocycles. The van der Waals surface area contributed by atoms with E-state index in [1.807, 2.05) is 27.7 Å². The molecule has 1 rings (SSSR count). The van der Waals surface area contributed by atoms with E-state index >= 15 is 0 Å². The van der Waals surface area contributed by atoms with E-state index in [2.05, 4.69) is 37.0 Å². The quantitative estimate of drug-likeness (QED) is 0.733. The number of rotatable bonds is 2. The summed E-state index contributed by atoms with van der Waals surface area (Å²) >= 11 is 0. The Balaban J connectivity index is 0. The van der Waals surface area contributed by atoms with Crippen LogP contribution in [0.5, 0.6) is 0 Å². The normalized spacial score (nSPS) is 8.12. The fourth-order valence-electron chi connectivity index (χ4n) is 1.16. The van der Waals surface area contributed by atoms with Crippen LogP contribution in [0.25, 0.3) is 12.2 Å². The van der Waals surface area contributed by atoms with Crippen LogP contribution in [0.1, 0.15) is 56.9 Å². The molecule has 0 aliphatic rings. The van der Waals surface area contributed by atoms with Crippen LogP contribution in [0, 0.1) is 13.8 Å². The van der Waals surface area contributed by atoms with Crippen molar-refractivity contribution in [3.63, 3.8) is 0 Å². The summed E-state index contributed by atoms with van der Waals surface area (Å²) in [7, 11) is 0. The molecule has 2 nitrogen and oxygen atoms in total. The molecule has 96 valence electrons. The highest BCUT2D eigenvalue weighted by molar-refractivity contribution is 5.61. The van der Waals surface area contributed by atoms with Crippen molar-refractivity contribution in [1.82, 2.24) is 9.97 Å². The van der Waals surface area contributed by atoms with Crippen LogP contribution in [0.2, 0.25) is 0 Å². The van der Waals surface area contributed by atoms with Crippen LogP contribution >= 0.6 is 0 Å². The maximum Gasteiger partial charge on any atom is 0.126 e. The van der Waals surface area contributed by atoms with Gasteiger partial charge in [-0.3, -0.25) is 0 Å². The van der Waals surface area contributed by atoms with E-state index in [1.54, 1.807) is 12.2 Å². The van der Waals surface area contributed by atoms with Crippen LogP contribution in [0.4, 0.5) is 0 Å². The van der Waals surface area contributed by atoms with Gasteiger partial charge in [-0.2, -0.15) is 0 Å². The second-order valence-corrected chi connectivity index (χ2v) is 3.27. The van der Waals surface area contributed by atoms with Crippen LogP contribution in [-0.2, 0) is 0 Å². The maximum absolute atomic E-state index is 4.22. The van der Waals surface area contributed by atoms with E-state index in [-0.39, 0.29) is 0 Å². The van der Waals surface area contributed by atoms with Gasteiger partial charge in [0.15, 0.2) is 0 Å². The third kappa shape index (κ3) is 6.67. The third-order valence-corrected chi connectivity index (χ3v) is 1.67. The summed E-state index contributed by atoms with van der Waals surface area (Å²) in [5.41, 5.74) is 2.78. The van der Waals surface area contributed by atoms with Crippen molar-refractivity contribution in [3.05, 3.63) is 35.9 Å². The van der Waals surface area contributed by atoms with Crippen LogP contribution in [0.3, 0.4) is 0 Å². The first-order chi connectivity index (χ1) is 8.10. The molecule has 0 aliphatic carbocycles. The van der Waals surface area contributed by atoms with Crippen molar-refractivity contribution < 1.29 is 0 Å². The molecule has 0 radical (unpaired) electrons. The molecule has 0 fully saturated rings. The molecule has 1 aromatic rings.